The Morgan fingerprint density at radius 1 is 1.23 bits per heavy atom. The van der Waals surface area contributed by atoms with Crippen molar-refractivity contribution in [2.24, 2.45) is 0 Å². The molecule has 0 heterocycles. The Hall–Kier alpha value is -0.530. The summed E-state index contributed by atoms with van der Waals surface area (Å²) in [5, 5.41) is 0. The van der Waals surface area contributed by atoms with Gasteiger partial charge in [0.05, 0.1) is 0 Å². The molecule has 1 radical (unpaired) electrons. The highest BCUT2D eigenvalue weighted by Crippen LogP contribution is 2.08. The topological polar surface area (TPSA) is 20.3 Å². The van der Waals surface area contributed by atoms with Crippen LogP contribution in [0.1, 0.15) is 47.5 Å². The van der Waals surface area contributed by atoms with E-state index in [1.54, 1.807) is 6.42 Å². The summed E-state index contributed by atoms with van der Waals surface area (Å²) >= 11 is 0. The van der Waals surface area contributed by atoms with Gasteiger partial charge >= 0.3 is 0 Å². The van der Waals surface area contributed by atoms with Crippen LogP contribution in [0.5, 0.6) is 0 Å². The molecule has 1 amide bonds. The summed E-state index contributed by atoms with van der Waals surface area (Å²) in [6.45, 7) is 10.3. The Morgan fingerprint density at radius 2 is 1.69 bits per heavy atom. The van der Waals surface area contributed by atoms with Gasteiger partial charge in [-0.15, -0.1) is 0 Å². The lowest BCUT2D eigenvalue weighted by Gasteiger charge is -2.30. The number of amides is 1. The molecular formula is C11H22NO. The third-order valence-corrected chi connectivity index (χ3v) is 1.97. The van der Waals surface area contributed by atoms with Gasteiger partial charge in [0, 0.05) is 18.5 Å². The van der Waals surface area contributed by atoms with E-state index in [1.807, 2.05) is 4.90 Å². The first-order valence-corrected chi connectivity index (χ1v) is 5.16. The largest absolute Gasteiger partial charge is 0.338 e. The van der Waals surface area contributed by atoms with Gasteiger partial charge in [-0.3, -0.25) is 4.79 Å². The summed E-state index contributed by atoms with van der Waals surface area (Å²) in [6, 6.07) is 0.584. The van der Waals surface area contributed by atoms with Crippen molar-refractivity contribution in [2.45, 2.75) is 59.5 Å². The fraction of sp³-hybridized carbons (Fsp3) is 0.818. The van der Waals surface area contributed by atoms with Crippen molar-refractivity contribution in [3.63, 3.8) is 0 Å². The lowest BCUT2D eigenvalue weighted by molar-refractivity contribution is -0.131. The van der Waals surface area contributed by atoms with E-state index in [0.29, 0.717) is 12.1 Å². The van der Waals surface area contributed by atoms with Crippen molar-refractivity contribution >= 4 is 5.91 Å². The molecule has 2 nitrogen and oxygen atoms in total. The second-order valence-corrected chi connectivity index (χ2v) is 3.93. The Labute approximate surface area is 82.3 Å². The molecule has 0 saturated carbocycles. The summed E-state index contributed by atoms with van der Waals surface area (Å²) in [7, 11) is 0. The first-order valence-electron chi connectivity index (χ1n) is 5.16. The maximum absolute atomic E-state index is 11.7. The molecule has 13 heavy (non-hydrogen) atoms. The van der Waals surface area contributed by atoms with E-state index in [1.165, 1.54) is 0 Å². The summed E-state index contributed by atoms with van der Waals surface area (Å²) in [4.78, 5) is 13.6. The van der Waals surface area contributed by atoms with E-state index in [2.05, 4.69) is 34.6 Å². The van der Waals surface area contributed by atoms with Crippen LogP contribution in [0.4, 0.5) is 0 Å². The molecule has 0 unspecified atom stereocenters. The SMILES string of the molecule is CCC[CH]C(=O)N(C(C)C)C(C)C. The summed E-state index contributed by atoms with van der Waals surface area (Å²) in [6.07, 6.45) is 3.71. The van der Waals surface area contributed by atoms with Crippen molar-refractivity contribution in [2.75, 3.05) is 0 Å². The lowest BCUT2D eigenvalue weighted by Crippen LogP contribution is -2.42. The van der Waals surface area contributed by atoms with Crippen molar-refractivity contribution in [1.29, 1.82) is 0 Å². The molecule has 2 heteroatoms. The van der Waals surface area contributed by atoms with E-state index < -0.39 is 0 Å². The first kappa shape index (κ1) is 12.5. The van der Waals surface area contributed by atoms with Crippen LogP contribution in [0.25, 0.3) is 0 Å². The van der Waals surface area contributed by atoms with Crippen LogP contribution in [0, 0.1) is 6.42 Å². The molecule has 0 saturated heterocycles. The molecule has 77 valence electrons. The lowest BCUT2D eigenvalue weighted by atomic mass is 10.1. The van der Waals surface area contributed by atoms with Gasteiger partial charge in [-0.25, -0.2) is 0 Å². The molecule has 0 aliphatic carbocycles. The van der Waals surface area contributed by atoms with Gasteiger partial charge in [-0.1, -0.05) is 13.3 Å². The number of nitrogens with zero attached hydrogens (tertiary/aromatic N) is 1. The molecule has 0 aromatic carbocycles. The molecule has 0 aromatic rings. The van der Waals surface area contributed by atoms with Gasteiger partial charge in [-0.2, -0.15) is 0 Å². The van der Waals surface area contributed by atoms with Gasteiger partial charge < -0.3 is 4.90 Å². The highest BCUT2D eigenvalue weighted by atomic mass is 16.2. The minimum atomic E-state index is 0.173. The molecule has 0 rings (SSSR count). The molecular weight excluding hydrogens is 162 g/mol. The first-order chi connectivity index (χ1) is 6.00. The van der Waals surface area contributed by atoms with E-state index in [4.69, 9.17) is 0 Å². The Balaban J connectivity index is 4.13. The quantitative estimate of drug-likeness (QED) is 0.643. The maximum atomic E-state index is 11.7. The highest BCUT2D eigenvalue weighted by Gasteiger charge is 2.18. The predicted molar refractivity (Wildman–Crippen MR) is 56.3 cm³/mol. The molecule has 0 aromatic heterocycles. The zero-order valence-electron chi connectivity index (χ0n) is 9.50. The second kappa shape index (κ2) is 6.01. The number of rotatable bonds is 5. The highest BCUT2D eigenvalue weighted by molar-refractivity contribution is 5.85. The second-order valence-electron chi connectivity index (χ2n) is 3.93. The number of hydrogen-bond donors (Lipinski definition) is 0. The maximum Gasteiger partial charge on any atom is 0.226 e. The van der Waals surface area contributed by atoms with E-state index in [0.717, 1.165) is 12.8 Å². The van der Waals surface area contributed by atoms with Gasteiger partial charge in [0.25, 0.3) is 0 Å². The third kappa shape index (κ3) is 4.30. The molecule has 0 aliphatic heterocycles. The van der Waals surface area contributed by atoms with Crippen LogP contribution in [-0.4, -0.2) is 22.9 Å². The minimum absolute atomic E-state index is 0.173. The summed E-state index contributed by atoms with van der Waals surface area (Å²) in [5.74, 6) is 0.173. The smallest absolute Gasteiger partial charge is 0.226 e. The molecule has 0 fully saturated rings. The zero-order chi connectivity index (χ0) is 10.4. The number of unbranched alkanes of at least 4 members (excludes halogenated alkanes) is 1. The third-order valence-electron chi connectivity index (χ3n) is 1.97. The van der Waals surface area contributed by atoms with Crippen LogP contribution in [0.2, 0.25) is 0 Å². The average Bonchev–Trinajstić information content (AvgIpc) is 1.99. The zero-order valence-corrected chi connectivity index (χ0v) is 9.50. The van der Waals surface area contributed by atoms with E-state index in [9.17, 15) is 4.79 Å². The normalized spacial score (nSPS) is 11.0. The minimum Gasteiger partial charge on any atom is -0.338 e. The standard InChI is InChI=1S/C11H22NO/c1-6-7-8-11(13)12(9(2)3)10(4)5/h8-10H,6-7H2,1-5H3. The fourth-order valence-corrected chi connectivity index (χ4v) is 1.48. The van der Waals surface area contributed by atoms with E-state index >= 15 is 0 Å². The molecule has 0 spiro atoms. The predicted octanol–water partition coefficient (Wildman–Crippen LogP) is 2.64. The van der Waals surface area contributed by atoms with Crippen molar-refractivity contribution < 1.29 is 4.79 Å². The van der Waals surface area contributed by atoms with Crippen LogP contribution in [0.3, 0.4) is 0 Å². The molecule has 0 N–H and O–H groups in total. The van der Waals surface area contributed by atoms with Gasteiger partial charge in [0.2, 0.25) is 5.91 Å². The van der Waals surface area contributed by atoms with Crippen LogP contribution in [0.15, 0.2) is 0 Å². The summed E-state index contributed by atoms with van der Waals surface area (Å²) < 4.78 is 0. The van der Waals surface area contributed by atoms with Crippen LogP contribution in [-0.2, 0) is 4.79 Å². The Kier molecular flexibility index (Phi) is 5.76. The fourth-order valence-electron chi connectivity index (χ4n) is 1.48. The van der Waals surface area contributed by atoms with Crippen molar-refractivity contribution in [1.82, 2.24) is 4.90 Å². The molecule has 0 bridgehead atoms. The average molecular weight is 184 g/mol. The van der Waals surface area contributed by atoms with Gasteiger partial charge in [-0.05, 0) is 34.1 Å². The Morgan fingerprint density at radius 3 is 2.00 bits per heavy atom. The van der Waals surface area contributed by atoms with Crippen LogP contribution >= 0.6 is 0 Å². The van der Waals surface area contributed by atoms with Crippen molar-refractivity contribution in [3.8, 4) is 0 Å². The molecule has 0 aliphatic rings. The molecule has 0 atom stereocenters. The van der Waals surface area contributed by atoms with Crippen LogP contribution < -0.4 is 0 Å². The monoisotopic (exact) mass is 184 g/mol. The van der Waals surface area contributed by atoms with Crippen molar-refractivity contribution in [3.05, 3.63) is 6.42 Å². The Bertz CT molecular complexity index is 144. The number of carbonyl (C=O) groups excluding carboxylic acids is 1. The summed E-state index contributed by atoms with van der Waals surface area (Å²) in [5.41, 5.74) is 0. The van der Waals surface area contributed by atoms with Gasteiger partial charge in [0.1, 0.15) is 0 Å². The van der Waals surface area contributed by atoms with Gasteiger partial charge in [0.15, 0.2) is 0 Å². The number of carbonyl (C=O) groups is 1. The number of hydrogen-bond acceptors (Lipinski definition) is 1. The van der Waals surface area contributed by atoms with E-state index in [-0.39, 0.29) is 5.91 Å².